The molecule has 2 rings (SSSR count). The van der Waals surface area contributed by atoms with Crippen LogP contribution in [0.3, 0.4) is 0 Å². The van der Waals surface area contributed by atoms with E-state index in [4.69, 9.17) is 0 Å². The van der Waals surface area contributed by atoms with Crippen LogP contribution in [0.2, 0.25) is 0 Å². The highest BCUT2D eigenvalue weighted by Crippen LogP contribution is 2.35. The van der Waals surface area contributed by atoms with E-state index < -0.39 is 15.1 Å². The first-order chi connectivity index (χ1) is 7.07. The van der Waals surface area contributed by atoms with Gasteiger partial charge in [0.05, 0.1) is 10.1 Å². The first kappa shape index (κ1) is 10.4. The maximum absolute atomic E-state index is 12.0. The zero-order chi connectivity index (χ0) is 11.1. The molecule has 82 valence electrons. The third kappa shape index (κ3) is 1.52. The lowest BCUT2D eigenvalue weighted by molar-refractivity contribution is 0.466. The zero-order valence-corrected chi connectivity index (χ0v) is 9.21. The smallest absolute Gasteiger partial charge is 0.183 e. The van der Waals surface area contributed by atoms with E-state index in [1.807, 2.05) is 0 Å². The molecule has 0 radical (unpaired) electrons. The van der Waals surface area contributed by atoms with Crippen LogP contribution in [0.4, 0.5) is 0 Å². The first-order valence-corrected chi connectivity index (χ1v) is 6.31. The Balaban J connectivity index is 2.52. The molecule has 1 aromatic rings. The van der Waals surface area contributed by atoms with Crippen LogP contribution in [-0.4, -0.2) is 32.4 Å². The minimum atomic E-state index is -3.25. The molecule has 4 nitrogen and oxygen atoms in total. The molecule has 0 aromatic heterocycles. The fourth-order valence-electron chi connectivity index (χ4n) is 1.95. The molecule has 0 amide bonds. The van der Waals surface area contributed by atoms with E-state index >= 15 is 0 Å². The van der Waals surface area contributed by atoms with Crippen molar-refractivity contribution in [3.8, 4) is 5.75 Å². The van der Waals surface area contributed by atoms with Gasteiger partial charge in [-0.25, -0.2) is 8.42 Å². The standard InChI is InChI=1S/C10H13NO3S/c1-11-6-7-5-8-9(12)3-2-4-10(8)15(7,13)14/h2-4,7,11-12H,5-6H2,1H3. The van der Waals surface area contributed by atoms with E-state index in [0.29, 0.717) is 18.5 Å². The second kappa shape index (κ2) is 3.50. The van der Waals surface area contributed by atoms with Gasteiger partial charge in [0.2, 0.25) is 0 Å². The van der Waals surface area contributed by atoms with Crippen LogP contribution in [0.25, 0.3) is 0 Å². The van der Waals surface area contributed by atoms with E-state index in [-0.39, 0.29) is 10.6 Å². The van der Waals surface area contributed by atoms with Crippen molar-refractivity contribution >= 4 is 9.84 Å². The molecule has 0 bridgehead atoms. The summed E-state index contributed by atoms with van der Waals surface area (Å²) in [5.41, 5.74) is 0.553. The van der Waals surface area contributed by atoms with E-state index in [2.05, 4.69) is 5.32 Å². The number of aromatic hydroxyl groups is 1. The van der Waals surface area contributed by atoms with Crippen LogP contribution < -0.4 is 5.32 Å². The second-order valence-electron chi connectivity index (χ2n) is 3.68. The van der Waals surface area contributed by atoms with Gasteiger partial charge in [-0.1, -0.05) is 6.07 Å². The van der Waals surface area contributed by atoms with Crippen molar-refractivity contribution < 1.29 is 13.5 Å². The zero-order valence-electron chi connectivity index (χ0n) is 8.40. The van der Waals surface area contributed by atoms with Gasteiger partial charge in [0.15, 0.2) is 9.84 Å². The predicted molar refractivity (Wildman–Crippen MR) is 56.7 cm³/mol. The van der Waals surface area contributed by atoms with Gasteiger partial charge in [-0.05, 0) is 25.6 Å². The van der Waals surface area contributed by atoms with Crippen LogP contribution in [0.1, 0.15) is 5.56 Å². The van der Waals surface area contributed by atoms with Crippen LogP contribution in [0.5, 0.6) is 5.75 Å². The van der Waals surface area contributed by atoms with Crippen molar-refractivity contribution in [2.75, 3.05) is 13.6 Å². The van der Waals surface area contributed by atoms with Gasteiger partial charge >= 0.3 is 0 Å². The molecule has 0 fully saturated rings. The van der Waals surface area contributed by atoms with Crippen molar-refractivity contribution in [2.24, 2.45) is 0 Å². The summed E-state index contributed by atoms with van der Waals surface area (Å²) < 4.78 is 24.0. The Hall–Kier alpha value is -1.07. The SMILES string of the molecule is CNCC1Cc2c(O)cccc2S1(=O)=O. The van der Waals surface area contributed by atoms with Crippen LogP contribution in [0, 0.1) is 0 Å². The first-order valence-electron chi connectivity index (χ1n) is 4.76. The van der Waals surface area contributed by atoms with E-state index in [1.54, 1.807) is 19.2 Å². The normalized spacial score (nSPS) is 22.6. The number of benzene rings is 1. The number of phenols is 1. The molecule has 15 heavy (non-hydrogen) atoms. The second-order valence-corrected chi connectivity index (χ2v) is 5.88. The number of hydrogen-bond donors (Lipinski definition) is 2. The molecule has 1 aliphatic rings. The third-order valence-electron chi connectivity index (χ3n) is 2.72. The number of rotatable bonds is 2. The summed E-state index contributed by atoms with van der Waals surface area (Å²) in [5.74, 6) is 0.0784. The van der Waals surface area contributed by atoms with Crippen LogP contribution in [0.15, 0.2) is 23.1 Å². The molecule has 2 N–H and O–H groups in total. The molecule has 1 heterocycles. The minimum Gasteiger partial charge on any atom is -0.508 e. The minimum absolute atomic E-state index is 0.0784. The number of fused-ring (bicyclic) bond motifs is 1. The number of phenolic OH excluding ortho intramolecular Hbond substituents is 1. The molecule has 1 unspecified atom stereocenters. The molecule has 0 spiro atoms. The largest absolute Gasteiger partial charge is 0.508 e. The summed E-state index contributed by atoms with van der Waals surface area (Å²) in [6, 6.07) is 4.64. The molecule has 0 aliphatic carbocycles. The summed E-state index contributed by atoms with van der Waals surface area (Å²) in [4.78, 5) is 0.280. The van der Waals surface area contributed by atoms with Crippen molar-refractivity contribution in [1.82, 2.24) is 5.32 Å². The molecule has 1 atom stereocenters. The monoisotopic (exact) mass is 227 g/mol. The maximum Gasteiger partial charge on any atom is 0.183 e. The van der Waals surface area contributed by atoms with Crippen molar-refractivity contribution in [1.29, 1.82) is 0 Å². The van der Waals surface area contributed by atoms with E-state index in [9.17, 15) is 13.5 Å². The quantitative estimate of drug-likeness (QED) is 0.763. The fraction of sp³-hybridized carbons (Fsp3) is 0.400. The molecule has 0 saturated carbocycles. The molecule has 5 heteroatoms. The Morgan fingerprint density at radius 3 is 2.87 bits per heavy atom. The van der Waals surface area contributed by atoms with Gasteiger partial charge in [0.25, 0.3) is 0 Å². The van der Waals surface area contributed by atoms with Gasteiger partial charge in [0.1, 0.15) is 5.75 Å². The molecule has 0 saturated heterocycles. The number of nitrogens with one attached hydrogen (secondary N) is 1. The lowest BCUT2D eigenvalue weighted by Gasteiger charge is -2.07. The summed E-state index contributed by atoms with van der Waals surface area (Å²) >= 11 is 0. The summed E-state index contributed by atoms with van der Waals surface area (Å²) in [5, 5.41) is 12.0. The Bertz CT molecular complexity index is 481. The van der Waals surface area contributed by atoms with Gasteiger partial charge in [0, 0.05) is 12.1 Å². The fourth-order valence-corrected chi connectivity index (χ4v) is 3.88. The van der Waals surface area contributed by atoms with E-state index in [1.165, 1.54) is 6.07 Å². The average molecular weight is 227 g/mol. The summed E-state index contributed by atoms with van der Waals surface area (Å²) in [6.07, 6.45) is 0.394. The van der Waals surface area contributed by atoms with Crippen molar-refractivity contribution in [3.05, 3.63) is 23.8 Å². The highest BCUT2D eigenvalue weighted by atomic mass is 32.2. The predicted octanol–water partition coefficient (Wildman–Crippen LogP) is 0.310. The van der Waals surface area contributed by atoms with Crippen molar-refractivity contribution in [3.63, 3.8) is 0 Å². The Morgan fingerprint density at radius 2 is 2.27 bits per heavy atom. The topological polar surface area (TPSA) is 66.4 Å². The Kier molecular flexibility index (Phi) is 2.44. The van der Waals surface area contributed by atoms with Gasteiger partial charge in [-0.15, -0.1) is 0 Å². The highest BCUT2D eigenvalue weighted by molar-refractivity contribution is 7.92. The molecular weight excluding hydrogens is 214 g/mol. The lowest BCUT2D eigenvalue weighted by atomic mass is 10.1. The highest BCUT2D eigenvalue weighted by Gasteiger charge is 2.37. The summed E-state index contributed by atoms with van der Waals surface area (Å²) in [7, 11) is -1.53. The molecule has 1 aliphatic heterocycles. The van der Waals surface area contributed by atoms with Gasteiger partial charge < -0.3 is 10.4 Å². The molecular formula is C10H13NO3S. The van der Waals surface area contributed by atoms with Crippen molar-refractivity contribution in [2.45, 2.75) is 16.6 Å². The lowest BCUT2D eigenvalue weighted by Crippen LogP contribution is -2.29. The van der Waals surface area contributed by atoms with E-state index in [0.717, 1.165) is 0 Å². The summed E-state index contributed by atoms with van der Waals surface area (Å²) in [6.45, 7) is 0.413. The van der Waals surface area contributed by atoms with Crippen LogP contribution in [-0.2, 0) is 16.3 Å². The Labute approximate surface area is 88.9 Å². The third-order valence-corrected chi connectivity index (χ3v) is 4.92. The molecule has 1 aromatic carbocycles. The van der Waals surface area contributed by atoms with Gasteiger partial charge in [-0.2, -0.15) is 0 Å². The Morgan fingerprint density at radius 1 is 1.53 bits per heavy atom. The van der Waals surface area contributed by atoms with Crippen LogP contribution >= 0.6 is 0 Å². The number of sulfone groups is 1. The maximum atomic E-state index is 12.0. The average Bonchev–Trinajstić information content (AvgIpc) is 2.43. The number of hydrogen-bond acceptors (Lipinski definition) is 4. The van der Waals surface area contributed by atoms with Gasteiger partial charge in [-0.3, -0.25) is 0 Å².